The maximum atomic E-state index is 13.8. The summed E-state index contributed by atoms with van der Waals surface area (Å²) in [7, 11) is 0. The van der Waals surface area contributed by atoms with E-state index in [2.05, 4.69) is 13.2 Å². The minimum atomic E-state index is -4.74. The molecule has 0 N–H and O–H groups in total. The van der Waals surface area contributed by atoms with E-state index in [0.29, 0.717) is 45.1 Å². The van der Waals surface area contributed by atoms with Gasteiger partial charge in [0.25, 0.3) is 0 Å². The zero-order valence-corrected chi connectivity index (χ0v) is 22.3. The molecule has 0 aromatic heterocycles. The first-order valence-corrected chi connectivity index (χ1v) is 13.3. The first-order chi connectivity index (χ1) is 19.1. The Hall–Kier alpha value is -3.34. The van der Waals surface area contributed by atoms with Crippen LogP contribution in [0.1, 0.15) is 56.9 Å². The molecule has 2 aliphatic carbocycles. The van der Waals surface area contributed by atoms with E-state index in [-0.39, 0.29) is 37.1 Å². The van der Waals surface area contributed by atoms with Gasteiger partial charge in [-0.3, -0.25) is 4.79 Å². The zero-order valence-electron chi connectivity index (χ0n) is 22.3. The van der Waals surface area contributed by atoms with Gasteiger partial charge in [-0.25, -0.2) is 9.59 Å². The molecular formula is C29H35F3O8. The molecule has 2 fully saturated rings. The molecule has 0 unspecified atom stereocenters. The number of halogens is 3. The van der Waals surface area contributed by atoms with Gasteiger partial charge in [0.2, 0.25) is 0 Å². The second-order valence-corrected chi connectivity index (χ2v) is 10.0. The van der Waals surface area contributed by atoms with E-state index in [1.165, 1.54) is 6.07 Å². The number of hydrogen-bond acceptors (Lipinski definition) is 8. The van der Waals surface area contributed by atoms with Crippen LogP contribution in [-0.4, -0.2) is 44.0 Å². The molecular weight excluding hydrogens is 533 g/mol. The van der Waals surface area contributed by atoms with Gasteiger partial charge in [0.15, 0.2) is 6.79 Å². The molecule has 0 bridgehead atoms. The van der Waals surface area contributed by atoms with Crippen LogP contribution in [0.25, 0.3) is 0 Å². The number of hydrogen-bond donors (Lipinski definition) is 0. The molecule has 1 aromatic rings. The third-order valence-electron chi connectivity index (χ3n) is 7.22. The highest BCUT2D eigenvalue weighted by atomic mass is 19.4. The van der Waals surface area contributed by atoms with E-state index in [9.17, 15) is 27.6 Å². The molecule has 40 heavy (non-hydrogen) atoms. The molecule has 0 spiro atoms. The van der Waals surface area contributed by atoms with E-state index in [1.807, 2.05) is 0 Å². The predicted octanol–water partition coefficient (Wildman–Crippen LogP) is 5.79. The fourth-order valence-electron chi connectivity index (χ4n) is 4.86. The molecule has 220 valence electrons. The highest BCUT2D eigenvalue weighted by Crippen LogP contribution is 2.39. The van der Waals surface area contributed by atoms with Crippen molar-refractivity contribution in [2.75, 3.05) is 20.0 Å². The van der Waals surface area contributed by atoms with E-state index in [1.54, 1.807) is 0 Å². The molecule has 3 rings (SSSR count). The lowest BCUT2D eigenvalue weighted by atomic mass is 9.82. The van der Waals surface area contributed by atoms with Crippen molar-refractivity contribution in [2.24, 2.45) is 17.8 Å². The molecule has 11 heteroatoms. The average Bonchev–Trinajstić information content (AvgIpc) is 2.95. The van der Waals surface area contributed by atoms with Gasteiger partial charge in [-0.1, -0.05) is 13.2 Å². The molecule has 0 heterocycles. The van der Waals surface area contributed by atoms with Crippen LogP contribution < -0.4 is 9.47 Å². The second-order valence-electron chi connectivity index (χ2n) is 10.0. The van der Waals surface area contributed by atoms with Crippen LogP contribution in [0, 0.1) is 17.8 Å². The summed E-state index contributed by atoms with van der Waals surface area (Å²) in [5.41, 5.74) is -1.07. The summed E-state index contributed by atoms with van der Waals surface area (Å²) in [5.74, 6) is -2.35. The number of carbonyl (C=O) groups is 3. The van der Waals surface area contributed by atoms with Gasteiger partial charge < -0.3 is 23.7 Å². The van der Waals surface area contributed by atoms with Crippen LogP contribution in [0.15, 0.2) is 43.5 Å². The van der Waals surface area contributed by atoms with Crippen LogP contribution in [0.4, 0.5) is 13.2 Å². The number of rotatable bonds is 12. The monoisotopic (exact) mass is 568 g/mol. The summed E-state index contributed by atoms with van der Waals surface area (Å²) >= 11 is 0. The lowest BCUT2D eigenvalue weighted by molar-refractivity contribution is -0.144. The molecule has 0 amide bonds. The minimum Gasteiger partial charge on any atom is -0.467 e. The molecule has 8 nitrogen and oxygen atoms in total. The summed E-state index contributed by atoms with van der Waals surface area (Å²) in [6.45, 7) is 6.86. The number of benzene rings is 1. The van der Waals surface area contributed by atoms with Crippen molar-refractivity contribution in [2.45, 2.75) is 63.6 Å². The summed E-state index contributed by atoms with van der Waals surface area (Å²) in [4.78, 5) is 35.0. The Morgan fingerprint density at radius 2 is 1.40 bits per heavy atom. The Bertz CT molecular complexity index is 1040. The molecule has 0 radical (unpaired) electrons. The van der Waals surface area contributed by atoms with Gasteiger partial charge in [-0.05, 0) is 81.4 Å². The third kappa shape index (κ3) is 9.69. The Morgan fingerprint density at radius 1 is 0.850 bits per heavy atom. The standard InChI is InChI=1S/C29H35F3O8/c1-3-26(33)36-16-19-5-9-21(10-6-19)28(35)40-23-13-14-25(24(15-23)29(30,31)32)39-18-38-22-11-7-20(8-12-22)17-37-27(34)4-2/h3-4,13-15,19-22H,1-2,5-12,16-18H2. The predicted molar refractivity (Wildman–Crippen MR) is 137 cm³/mol. The third-order valence-corrected chi connectivity index (χ3v) is 7.22. The van der Waals surface area contributed by atoms with Crippen molar-refractivity contribution >= 4 is 17.9 Å². The fraction of sp³-hybridized carbons (Fsp3) is 0.552. The van der Waals surface area contributed by atoms with Crippen LogP contribution in [-0.2, 0) is 34.8 Å². The lowest BCUT2D eigenvalue weighted by Gasteiger charge is -2.28. The minimum absolute atomic E-state index is 0.112. The topological polar surface area (TPSA) is 97.4 Å². The maximum absolute atomic E-state index is 13.8. The highest BCUT2D eigenvalue weighted by molar-refractivity contribution is 5.81. The summed E-state index contributed by atoms with van der Waals surface area (Å²) < 4.78 is 67.6. The first kappa shape index (κ1) is 31.2. The highest BCUT2D eigenvalue weighted by Gasteiger charge is 2.36. The van der Waals surface area contributed by atoms with E-state index < -0.39 is 41.3 Å². The summed E-state index contributed by atoms with van der Waals surface area (Å²) in [6.07, 6.45) is 2.38. The molecule has 0 aliphatic heterocycles. The van der Waals surface area contributed by atoms with Gasteiger partial charge in [0.05, 0.1) is 25.2 Å². The van der Waals surface area contributed by atoms with Crippen molar-refractivity contribution < 1.29 is 51.2 Å². The molecule has 1 aromatic carbocycles. The quantitative estimate of drug-likeness (QED) is 0.135. The lowest BCUT2D eigenvalue weighted by Crippen LogP contribution is -2.27. The van der Waals surface area contributed by atoms with Crippen molar-refractivity contribution in [3.63, 3.8) is 0 Å². The Morgan fingerprint density at radius 3 is 1.93 bits per heavy atom. The zero-order chi connectivity index (χ0) is 29.1. The largest absolute Gasteiger partial charge is 0.467 e. The van der Waals surface area contributed by atoms with Crippen molar-refractivity contribution in [1.29, 1.82) is 0 Å². The number of ether oxygens (including phenoxy) is 5. The van der Waals surface area contributed by atoms with Crippen LogP contribution in [0.3, 0.4) is 0 Å². The van der Waals surface area contributed by atoms with Crippen LogP contribution in [0.2, 0.25) is 0 Å². The van der Waals surface area contributed by atoms with Gasteiger partial charge in [0.1, 0.15) is 17.1 Å². The Kier molecular flexibility index (Phi) is 11.6. The molecule has 2 saturated carbocycles. The van der Waals surface area contributed by atoms with Gasteiger partial charge in [-0.15, -0.1) is 0 Å². The maximum Gasteiger partial charge on any atom is 0.420 e. The van der Waals surface area contributed by atoms with Crippen LogP contribution >= 0.6 is 0 Å². The van der Waals surface area contributed by atoms with E-state index in [4.69, 9.17) is 23.7 Å². The summed E-state index contributed by atoms with van der Waals surface area (Å²) in [6, 6.07) is 3.13. The van der Waals surface area contributed by atoms with Crippen molar-refractivity contribution in [3.05, 3.63) is 49.1 Å². The first-order valence-electron chi connectivity index (χ1n) is 13.3. The molecule has 2 aliphatic rings. The normalized spacial score (nSPS) is 23.0. The van der Waals surface area contributed by atoms with E-state index >= 15 is 0 Å². The Balaban J connectivity index is 1.47. The number of esters is 3. The summed E-state index contributed by atoms with van der Waals surface area (Å²) in [5, 5.41) is 0. The van der Waals surface area contributed by atoms with Gasteiger partial charge >= 0.3 is 24.1 Å². The smallest absolute Gasteiger partial charge is 0.420 e. The average molecular weight is 569 g/mol. The van der Waals surface area contributed by atoms with E-state index in [0.717, 1.165) is 37.1 Å². The second kappa shape index (κ2) is 14.9. The van der Waals surface area contributed by atoms with Gasteiger partial charge in [0, 0.05) is 12.2 Å². The van der Waals surface area contributed by atoms with Crippen molar-refractivity contribution in [1.82, 2.24) is 0 Å². The van der Waals surface area contributed by atoms with Gasteiger partial charge in [-0.2, -0.15) is 13.2 Å². The SMILES string of the molecule is C=CC(=O)OCC1CCC(OCOc2ccc(OC(=O)C3CCC(COC(=O)C=C)CC3)cc2C(F)(F)F)CC1. The number of carbonyl (C=O) groups excluding carboxylic acids is 3. The van der Waals surface area contributed by atoms with Crippen molar-refractivity contribution in [3.8, 4) is 11.5 Å². The molecule has 0 atom stereocenters. The molecule has 0 saturated heterocycles. The van der Waals surface area contributed by atoms with Crippen LogP contribution in [0.5, 0.6) is 11.5 Å². The Labute approximate surface area is 231 Å². The fourth-order valence-corrected chi connectivity index (χ4v) is 4.86. The number of alkyl halides is 3.